The fraction of sp³-hybridized carbons (Fsp3) is 0.231. The van der Waals surface area contributed by atoms with Crippen molar-refractivity contribution in [3.05, 3.63) is 84.4 Å². The molecule has 2 aromatic heterocycles. The number of amides is 1. The van der Waals surface area contributed by atoms with Crippen LogP contribution in [0.5, 0.6) is 11.5 Å². The maximum absolute atomic E-state index is 12.6. The Labute approximate surface area is 191 Å². The third kappa shape index (κ3) is 4.77. The van der Waals surface area contributed by atoms with Gasteiger partial charge in [-0.1, -0.05) is 18.2 Å². The van der Waals surface area contributed by atoms with Crippen molar-refractivity contribution in [1.29, 1.82) is 0 Å². The summed E-state index contributed by atoms with van der Waals surface area (Å²) >= 11 is 0. The second-order valence-corrected chi connectivity index (χ2v) is 8.10. The highest BCUT2D eigenvalue weighted by Crippen LogP contribution is 2.36. The molecule has 3 heterocycles. The SMILES string of the molecule is CC(Cc1ccco1)NC(=O)CCc1cn(-c2ccccc2)nc1-c1ccc2c(c1)OCO2. The lowest BCUT2D eigenvalue weighted by Crippen LogP contribution is -2.34. The lowest BCUT2D eigenvalue weighted by molar-refractivity contribution is -0.121. The summed E-state index contributed by atoms with van der Waals surface area (Å²) in [7, 11) is 0. The largest absolute Gasteiger partial charge is 0.469 e. The zero-order chi connectivity index (χ0) is 22.6. The second kappa shape index (κ2) is 9.24. The first-order chi connectivity index (χ1) is 16.2. The van der Waals surface area contributed by atoms with E-state index in [4.69, 9.17) is 19.0 Å². The van der Waals surface area contributed by atoms with Crippen LogP contribution in [0.1, 0.15) is 24.7 Å². The minimum atomic E-state index is -0.0102. The highest BCUT2D eigenvalue weighted by molar-refractivity contribution is 5.77. The molecule has 0 bridgehead atoms. The summed E-state index contributed by atoms with van der Waals surface area (Å²) < 4.78 is 18.2. The van der Waals surface area contributed by atoms with E-state index >= 15 is 0 Å². The van der Waals surface area contributed by atoms with Gasteiger partial charge in [0.15, 0.2) is 11.5 Å². The molecule has 1 unspecified atom stereocenters. The molecular formula is C26H25N3O4. The van der Waals surface area contributed by atoms with Gasteiger partial charge in [0.1, 0.15) is 5.76 Å². The number of para-hydroxylation sites is 1. The smallest absolute Gasteiger partial charge is 0.231 e. The molecule has 1 aliphatic heterocycles. The summed E-state index contributed by atoms with van der Waals surface area (Å²) in [6.07, 6.45) is 5.23. The summed E-state index contributed by atoms with van der Waals surface area (Å²) in [4.78, 5) is 12.6. The first-order valence-electron chi connectivity index (χ1n) is 11.0. The number of hydrogen-bond donors (Lipinski definition) is 1. The van der Waals surface area contributed by atoms with Crippen molar-refractivity contribution in [1.82, 2.24) is 15.1 Å². The molecule has 0 fully saturated rings. The molecule has 0 saturated carbocycles. The van der Waals surface area contributed by atoms with Crippen LogP contribution in [-0.2, 0) is 17.6 Å². The molecular weight excluding hydrogens is 418 g/mol. The molecule has 5 rings (SSSR count). The monoisotopic (exact) mass is 443 g/mol. The first kappa shape index (κ1) is 20.9. The molecule has 1 aliphatic rings. The molecule has 7 nitrogen and oxygen atoms in total. The zero-order valence-corrected chi connectivity index (χ0v) is 18.4. The van der Waals surface area contributed by atoms with Crippen molar-refractivity contribution < 1.29 is 18.7 Å². The Bertz CT molecular complexity index is 1230. The van der Waals surface area contributed by atoms with Gasteiger partial charge < -0.3 is 19.2 Å². The Morgan fingerprint density at radius 3 is 2.76 bits per heavy atom. The number of furan rings is 1. The van der Waals surface area contributed by atoms with Gasteiger partial charge in [-0.05, 0) is 61.4 Å². The van der Waals surface area contributed by atoms with E-state index in [-0.39, 0.29) is 18.7 Å². The van der Waals surface area contributed by atoms with Crippen LogP contribution in [0.4, 0.5) is 0 Å². The molecule has 1 N–H and O–H groups in total. The Balaban J connectivity index is 1.34. The number of aromatic nitrogens is 2. The molecule has 7 heteroatoms. The van der Waals surface area contributed by atoms with E-state index in [1.165, 1.54) is 0 Å². The van der Waals surface area contributed by atoms with Crippen LogP contribution in [0, 0.1) is 0 Å². The van der Waals surface area contributed by atoms with Gasteiger partial charge >= 0.3 is 0 Å². The lowest BCUT2D eigenvalue weighted by atomic mass is 10.0. The van der Waals surface area contributed by atoms with Crippen LogP contribution in [0.25, 0.3) is 16.9 Å². The summed E-state index contributed by atoms with van der Waals surface area (Å²) in [5.41, 5.74) is 3.71. The van der Waals surface area contributed by atoms with E-state index in [1.54, 1.807) is 6.26 Å². The van der Waals surface area contributed by atoms with Crippen LogP contribution in [0.3, 0.4) is 0 Å². The van der Waals surface area contributed by atoms with E-state index in [0.717, 1.165) is 34.0 Å². The number of carbonyl (C=O) groups excluding carboxylic acids is 1. The number of aryl methyl sites for hydroxylation is 1. The third-order valence-electron chi connectivity index (χ3n) is 5.57. The van der Waals surface area contributed by atoms with Crippen molar-refractivity contribution in [3.8, 4) is 28.4 Å². The molecule has 0 aliphatic carbocycles. The zero-order valence-electron chi connectivity index (χ0n) is 18.4. The van der Waals surface area contributed by atoms with Gasteiger partial charge in [0, 0.05) is 30.6 Å². The molecule has 4 aromatic rings. The average Bonchev–Trinajstić information content (AvgIpc) is 3.58. The summed E-state index contributed by atoms with van der Waals surface area (Å²) in [5, 5.41) is 7.90. The summed E-state index contributed by atoms with van der Waals surface area (Å²) in [6, 6.07) is 19.5. The van der Waals surface area contributed by atoms with E-state index in [0.29, 0.717) is 25.0 Å². The molecule has 0 radical (unpaired) electrons. The molecule has 168 valence electrons. The van der Waals surface area contributed by atoms with E-state index < -0.39 is 0 Å². The van der Waals surface area contributed by atoms with E-state index in [2.05, 4.69) is 5.32 Å². The fourth-order valence-corrected chi connectivity index (χ4v) is 3.97. The lowest BCUT2D eigenvalue weighted by Gasteiger charge is -2.12. The van der Waals surface area contributed by atoms with Gasteiger partial charge in [0.2, 0.25) is 12.7 Å². The Hall–Kier alpha value is -4.00. The van der Waals surface area contributed by atoms with E-state index in [9.17, 15) is 4.79 Å². The Morgan fingerprint density at radius 2 is 1.94 bits per heavy atom. The van der Waals surface area contributed by atoms with E-state index in [1.807, 2.05) is 78.5 Å². The number of carbonyl (C=O) groups is 1. The fourth-order valence-electron chi connectivity index (χ4n) is 3.97. The van der Waals surface area contributed by atoms with Crippen molar-refractivity contribution >= 4 is 5.91 Å². The summed E-state index contributed by atoms with van der Waals surface area (Å²) in [6.45, 7) is 2.20. The number of nitrogens with zero attached hydrogens (tertiary/aromatic N) is 2. The number of hydrogen-bond acceptors (Lipinski definition) is 5. The van der Waals surface area contributed by atoms with Crippen molar-refractivity contribution in [2.24, 2.45) is 0 Å². The molecule has 1 atom stereocenters. The minimum Gasteiger partial charge on any atom is -0.469 e. The van der Waals surface area contributed by atoms with Crippen molar-refractivity contribution in [2.75, 3.05) is 6.79 Å². The molecule has 33 heavy (non-hydrogen) atoms. The number of nitrogens with one attached hydrogen (secondary N) is 1. The van der Waals surface area contributed by atoms with Gasteiger partial charge in [-0.2, -0.15) is 5.10 Å². The maximum atomic E-state index is 12.6. The van der Waals surface area contributed by atoms with Gasteiger partial charge in [0.25, 0.3) is 0 Å². The molecule has 2 aromatic carbocycles. The summed E-state index contributed by atoms with van der Waals surface area (Å²) in [5.74, 6) is 2.29. The third-order valence-corrected chi connectivity index (χ3v) is 5.57. The predicted molar refractivity (Wildman–Crippen MR) is 123 cm³/mol. The number of fused-ring (bicyclic) bond motifs is 1. The van der Waals surface area contributed by atoms with Gasteiger partial charge in [0.05, 0.1) is 17.6 Å². The molecule has 1 amide bonds. The highest BCUT2D eigenvalue weighted by atomic mass is 16.7. The van der Waals surface area contributed by atoms with Gasteiger partial charge in [-0.15, -0.1) is 0 Å². The molecule has 0 saturated heterocycles. The normalized spacial score (nSPS) is 13.1. The van der Waals surface area contributed by atoms with Crippen molar-refractivity contribution in [2.45, 2.75) is 32.2 Å². The van der Waals surface area contributed by atoms with Crippen LogP contribution < -0.4 is 14.8 Å². The van der Waals surface area contributed by atoms with Crippen LogP contribution >= 0.6 is 0 Å². The van der Waals surface area contributed by atoms with Crippen LogP contribution in [-0.4, -0.2) is 28.5 Å². The van der Waals surface area contributed by atoms with Crippen molar-refractivity contribution in [3.63, 3.8) is 0 Å². The Kier molecular flexibility index (Phi) is 5.85. The minimum absolute atomic E-state index is 0.00171. The number of benzene rings is 2. The molecule has 0 spiro atoms. The van der Waals surface area contributed by atoms with Crippen LogP contribution in [0.2, 0.25) is 0 Å². The Morgan fingerprint density at radius 1 is 1.09 bits per heavy atom. The quantitative estimate of drug-likeness (QED) is 0.433. The first-order valence-corrected chi connectivity index (χ1v) is 11.0. The average molecular weight is 444 g/mol. The van der Waals surface area contributed by atoms with Crippen LogP contribution in [0.15, 0.2) is 77.5 Å². The predicted octanol–water partition coefficient (Wildman–Crippen LogP) is 4.54. The van der Waals surface area contributed by atoms with Gasteiger partial charge in [-0.25, -0.2) is 4.68 Å². The topological polar surface area (TPSA) is 78.5 Å². The highest BCUT2D eigenvalue weighted by Gasteiger charge is 2.19. The standard InChI is InChI=1S/C26H25N3O4/c1-18(14-22-8-5-13-31-22)27-25(30)12-10-20-16-29(21-6-3-2-4-7-21)28-26(20)19-9-11-23-24(15-19)33-17-32-23/h2-9,11,13,15-16,18H,10,12,14,17H2,1H3,(H,27,30). The number of rotatable bonds is 8. The second-order valence-electron chi connectivity index (χ2n) is 8.10. The van der Waals surface area contributed by atoms with Gasteiger partial charge in [-0.3, -0.25) is 4.79 Å². The maximum Gasteiger partial charge on any atom is 0.231 e. The number of ether oxygens (including phenoxy) is 2.